The predicted molar refractivity (Wildman–Crippen MR) is 76.6 cm³/mol. The van der Waals surface area contributed by atoms with Crippen LogP contribution >= 0.6 is 0 Å². The van der Waals surface area contributed by atoms with E-state index in [1.165, 1.54) is 0 Å². The zero-order valence-corrected chi connectivity index (χ0v) is 12.5. The first-order chi connectivity index (χ1) is 9.54. The van der Waals surface area contributed by atoms with Gasteiger partial charge in [0.1, 0.15) is 0 Å². The van der Waals surface area contributed by atoms with Crippen molar-refractivity contribution in [2.24, 2.45) is 0 Å². The van der Waals surface area contributed by atoms with Crippen LogP contribution < -0.4 is 0 Å². The number of carboxylic acids is 1. The van der Waals surface area contributed by atoms with E-state index in [1.807, 2.05) is 9.80 Å². The maximum absolute atomic E-state index is 12.8. The number of carbonyl (C=O) groups is 2. The summed E-state index contributed by atoms with van der Waals surface area (Å²) < 4.78 is 0. The number of carboxylic acid groups (broad SMARTS) is 1. The number of piperidine rings is 1. The summed E-state index contributed by atoms with van der Waals surface area (Å²) in [5.74, 6) is -0.809. The van der Waals surface area contributed by atoms with E-state index in [-0.39, 0.29) is 24.5 Å². The largest absolute Gasteiger partial charge is 0.481 e. The molecule has 1 N–H and O–H groups in total. The predicted octanol–water partition coefficient (Wildman–Crippen LogP) is 2.70. The zero-order valence-electron chi connectivity index (χ0n) is 12.5. The summed E-state index contributed by atoms with van der Waals surface area (Å²) in [6, 6.07) is 0.539. The van der Waals surface area contributed by atoms with E-state index in [0.717, 1.165) is 38.5 Å². The highest BCUT2D eigenvalue weighted by molar-refractivity contribution is 5.77. The van der Waals surface area contributed by atoms with Crippen LogP contribution in [-0.2, 0) is 4.79 Å². The van der Waals surface area contributed by atoms with E-state index in [4.69, 9.17) is 5.11 Å². The lowest BCUT2D eigenvalue weighted by Crippen LogP contribution is -2.53. The van der Waals surface area contributed by atoms with Crippen LogP contribution in [0.2, 0.25) is 0 Å². The molecule has 0 aromatic rings. The van der Waals surface area contributed by atoms with Gasteiger partial charge in [-0.15, -0.1) is 0 Å². The van der Waals surface area contributed by atoms with Gasteiger partial charge in [0.05, 0.1) is 6.42 Å². The monoisotopic (exact) mass is 282 g/mol. The fraction of sp³-hybridized carbons (Fsp3) is 0.867. The molecule has 0 aromatic heterocycles. The van der Waals surface area contributed by atoms with Gasteiger partial charge in [-0.25, -0.2) is 4.79 Å². The Morgan fingerprint density at radius 1 is 1.15 bits per heavy atom. The van der Waals surface area contributed by atoms with Crippen LogP contribution in [0.4, 0.5) is 4.79 Å². The van der Waals surface area contributed by atoms with Crippen LogP contribution in [0, 0.1) is 0 Å². The summed E-state index contributed by atoms with van der Waals surface area (Å²) in [7, 11) is 0. The molecule has 0 aliphatic carbocycles. The van der Waals surface area contributed by atoms with Crippen LogP contribution in [0.1, 0.15) is 58.8 Å². The smallest absolute Gasteiger partial charge is 0.320 e. The van der Waals surface area contributed by atoms with Gasteiger partial charge in [0, 0.05) is 24.7 Å². The van der Waals surface area contributed by atoms with Crippen molar-refractivity contribution in [2.75, 3.05) is 6.54 Å². The number of aliphatic carboxylic acids is 1. The van der Waals surface area contributed by atoms with E-state index in [2.05, 4.69) is 13.8 Å². The van der Waals surface area contributed by atoms with E-state index in [9.17, 15) is 9.59 Å². The molecule has 3 atom stereocenters. The lowest BCUT2D eigenvalue weighted by Gasteiger charge is -2.40. The zero-order chi connectivity index (χ0) is 14.7. The van der Waals surface area contributed by atoms with Crippen molar-refractivity contribution in [1.29, 1.82) is 0 Å². The van der Waals surface area contributed by atoms with Crippen molar-refractivity contribution in [3.63, 3.8) is 0 Å². The number of rotatable bonds is 3. The van der Waals surface area contributed by atoms with Gasteiger partial charge in [-0.1, -0.05) is 6.92 Å². The third-order valence-electron chi connectivity index (χ3n) is 4.76. The minimum Gasteiger partial charge on any atom is -0.481 e. The fourth-order valence-electron chi connectivity index (χ4n) is 3.63. The molecular formula is C15H26N2O3. The van der Waals surface area contributed by atoms with Crippen LogP contribution in [-0.4, -0.2) is 51.6 Å². The number of amides is 2. The third kappa shape index (κ3) is 3.07. The Morgan fingerprint density at radius 2 is 1.90 bits per heavy atom. The molecule has 20 heavy (non-hydrogen) atoms. The van der Waals surface area contributed by atoms with Gasteiger partial charge < -0.3 is 14.9 Å². The van der Waals surface area contributed by atoms with Gasteiger partial charge in [-0.2, -0.15) is 0 Å². The molecule has 2 aliphatic heterocycles. The summed E-state index contributed by atoms with van der Waals surface area (Å²) in [6.07, 6.45) is 6.01. The summed E-state index contributed by atoms with van der Waals surface area (Å²) >= 11 is 0. The van der Waals surface area contributed by atoms with Gasteiger partial charge in [-0.05, 0) is 45.4 Å². The second-order valence-corrected chi connectivity index (χ2v) is 6.12. The second-order valence-electron chi connectivity index (χ2n) is 6.12. The van der Waals surface area contributed by atoms with E-state index in [0.29, 0.717) is 12.6 Å². The average molecular weight is 282 g/mol. The van der Waals surface area contributed by atoms with Crippen molar-refractivity contribution in [3.05, 3.63) is 0 Å². The van der Waals surface area contributed by atoms with Crippen LogP contribution in [0.15, 0.2) is 0 Å². The molecule has 0 saturated carbocycles. The number of urea groups is 1. The number of hydrogen-bond acceptors (Lipinski definition) is 2. The van der Waals surface area contributed by atoms with Gasteiger partial charge in [-0.3, -0.25) is 4.79 Å². The van der Waals surface area contributed by atoms with Crippen molar-refractivity contribution >= 4 is 12.0 Å². The minimum absolute atomic E-state index is 0.0628. The summed E-state index contributed by atoms with van der Waals surface area (Å²) in [6.45, 7) is 4.92. The quantitative estimate of drug-likeness (QED) is 0.865. The molecule has 3 unspecified atom stereocenters. The number of likely N-dealkylation sites (tertiary alicyclic amines) is 2. The van der Waals surface area contributed by atoms with Gasteiger partial charge in [0.25, 0.3) is 0 Å². The standard InChI is InChI=1S/C15H26N2O3/c1-3-12-8-7-11(2)17(12)15(20)16-9-5-4-6-13(16)10-14(18)19/h11-13H,3-10H2,1-2H3,(H,18,19). The van der Waals surface area contributed by atoms with Gasteiger partial charge in [0.2, 0.25) is 0 Å². The normalized spacial score (nSPS) is 30.6. The minimum atomic E-state index is -0.809. The Hall–Kier alpha value is -1.26. The Bertz CT molecular complexity index is 372. The Kier molecular flexibility index (Phi) is 4.89. The van der Waals surface area contributed by atoms with E-state index < -0.39 is 5.97 Å². The summed E-state index contributed by atoms with van der Waals surface area (Å²) in [5, 5.41) is 9.03. The first kappa shape index (κ1) is 15.1. The van der Waals surface area contributed by atoms with Crippen LogP contribution in [0.5, 0.6) is 0 Å². The molecule has 2 rings (SSSR count). The first-order valence-electron chi connectivity index (χ1n) is 7.85. The first-order valence-corrected chi connectivity index (χ1v) is 7.85. The second kappa shape index (κ2) is 6.46. The number of carbonyl (C=O) groups excluding carboxylic acids is 1. The van der Waals surface area contributed by atoms with Crippen molar-refractivity contribution in [1.82, 2.24) is 9.80 Å². The highest BCUT2D eigenvalue weighted by Gasteiger charge is 2.38. The van der Waals surface area contributed by atoms with Gasteiger partial charge in [0.15, 0.2) is 0 Å². The van der Waals surface area contributed by atoms with E-state index >= 15 is 0 Å². The molecule has 114 valence electrons. The highest BCUT2D eigenvalue weighted by Crippen LogP contribution is 2.30. The Labute approximate surface area is 120 Å². The topological polar surface area (TPSA) is 60.9 Å². The van der Waals surface area contributed by atoms with Crippen LogP contribution in [0.25, 0.3) is 0 Å². The Morgan fingerprint density at radius 3 is 2.55 bits per heavy atom. The molecule has 0 bridgehead atoms. The molecule has 2 heterocycles. The third-order valence-corrected chi connectivity index (χ3v) is 4.76. The maximum atomic E-state index is 12.8. The molecule has 0 radical (unpaired) electrons. The fourth-order valence-corrected chi connectivity index (χ4v) is 3.63. The lowest BCUT2D eigenvalue weighted by atomic mass is 9.99. The lowest BCUT2D eigenvalue weighted by molar-refractivity contribution is -0.138. The number of hydrogen-bond donors (Lipinski definition) is 1. The molecule has 0 aromatic carbocycles. The van der Waals surface area contributed by atoms with Crippen molar-refractivity contribution in [2.45, 2.75) is 76.9 Å². The molecule has 0 spiro atoms. The highest BCUT2D eigenvalue weighted by atomic mass is 16.4. The molecule has 2 amide bonds. The summed E-state index contributed by atoms with van der Waals surface area (Å²) in [5.41, 5.74) is 0. The van der Waals surface area contributed by atoms with Crippen LogP contribution in [0.3, 0.4) is 0 Å². The maximum Gasteiger partial charge on any atom is 0.320 e. The van der Waals surface area contributed by atoms with E-state index in [1.54, 1.807) is 0 Å². The van der Waals surface area contributed by atoms with Crippen molar-refractivity contribution < 1.29 is 14.7 Å². The Balaban J connectivity index is 2.10. The summed E-state index contributed by atoms with van der Waals surface area (Å²) in [4.78, 5) is 27.6. The molecule has 2 fully saturated rings. The molecular weight excluding hydrogens is 256 g/mol. The SMILES string of the molecule is CCC1CCC(C)N1C(=O)N1CCCCC1CC(=O)O. The van der Waals surface area contributed by atoms with Crippen molar-refractivity contribution in [3.8, 4) is 0 Å². The number of nitrogens with zero attached hydrogens (tertiary/aromatic N) is 2. The molecule has 5 heteroatoms. The average Bonchev–Trinajstić information content (AvgIpc) is 2.79. The van der Waals surface area contributed by atoms with Gasteiger partial charge >= 0.3 is 12.0 Å². The molecule has 5 nitrogen and oxygen atoms in total. The molecule has 2 aliphatic rings. The molecule has 2 saturated heterocycles.